The topological polar surface area (TPSA) is 78.0 Å². The number of benzene rings is 1. The van der Waals surface area contributed by atoms with E-state index in [1.165, 1.54) is 12.3 Å². The van der Waals surface area contributed by atoms with Crippen LogP contribution >= 0.6 is 0 Å². The van der Waals surface area contributed by atoms with E-state index in [0.717, 1.165) is 0 Å². The number of nitrogens with zero attached hydrogens (tertiary/aromatic N) is 1. The van der Waals surface area contributed by atoms with E-state index >= 15 is 0 Å². The number of halogens is 1. The van der Waals surface area contributed by atoms with Gasteiger partial charge in [0.25, 0.3) is 0 Å². The third-order valence-corrected chi connectivity index (χ3v) is 3.20. The molecule has 2 rings (SSSR count). The van der Waals surface area contributed by atoms with Gasteiger partial charge in [-0.15, -0.1) is 6.58 Å². The number of hydrogen-bond acceptors (Lipinski definition) is 2. The summed E-state index contributed by atoms with van der Waals surface area (Å²) in [6, 6.07) is 6.30. The number of amides is 1. The molecule has 0 aliphatic carbocycles. The van der Waals surface area contributed by atoms with Gasteiger partial charge in [0.05, 0.1) is 11.9 Å². The summed E-state index contributed by atoms with van der Waals surface area (Å²) in [5.74, 6) is 0.0346. The molecular weight excluding hydrogens is 273 g/mol. The van der Waals surface area contributed by atoms with Gasteiger partial charge in [0.15, 0.2) is 0 Å². The van der Waals surface area contributed by atoms with Crippen LogP contribution in [-0.2, 0) is 5.54 Å². The minimum atomic E-state index is -1.16. The molecule has 0 bridgehead atoms. The standard InChI is InChI=1S/C15H16FN3O2/c1-3-8-15(2,19-14(20)21)13-17-9-12(18-13)10-6-4-5-7-11(10)16/h3-7,9,19H,1,8H2,2H3,(H,17,18)(H,20,21). The molecule has 1 unspecified atom stereocenters. The second kappa shape index (κ2) is 5.78. The van der Waals surface area contributed by atoms with Gasteiger partial charge in [0.1, 0.15) is 17.2 Å². The van der Waals surface area contributed by atoms with Crippen LogP contribution in [-0.4, -0.2) is 21.2 Å². The van der Waals surface area contributed by atoms with E-state index in [1.54, 1.807) is 31.2 Å². The number of rotatable bonds is 5. The van der Waals surface area contributed by atoms with Crippen molar-refractivity contribution in [2.24, 2.45) is 0 Å². The number of aromatic nitrogens is 2. The first kappa shape index (κ1) is 14.8. The molecule has 1 amide bonds. The van der Waals surface area contributed by atoms with E-state index in [1.807, 2.05) is 0 Å². The molecule has 21 heavy (non-hydrogen) atoms. The van der Waals surface area contributed by atoms with Crippen LogP contribution in [0.2, 0.25) is 0 Å². The lowest BCUT2D eigenvalue weighted by Crippen LogP contribution is -2.43. The fraction of sp³-hybridized carbons (Fsp3) is 0.200. The molecule has 110 valence electrons. The van der Waals surface area contributed by atoms with E-state index in [-0.39, 0.29) is 5.82 Å². The van der Waals surface area contributed by atoms with Gasteiger partial charge in [0, 0.05) is 5.56 Å². The summed E-state index contributed by atoms with van der Waals surface area (Å²) >= 11 is 0. The third-order valence-electron chi connectivity index (χ3n) is 3.20. The molecule has 1 atom stereocenters. The van der Waals surface area contributed by atoms with E-state index < -0.39 is 11.6 Å². The van der Waals surface area contributed by atoms with Crippen molar-refractivity contribution in [1.82, 2.24) is 15.3 Å². The summed E-state index contributed by atoms with van der Waals surface area (Å²) in [6.07, 6.45) is 2.27. The second-order valence-electron chi connectivity index (χ2n) is 4.88. The molecule has 2 aromatic rings. The number of carbonyl (C=O) groups is 1. The Bertz CT molecular complexity index is 668. The molecule has 0 spiro atoms. The highest BCUT2D eigenvalue weighted by atomic mass is 19.1. The predicted molar refractivity (Wildman–Crippen MR) is 77.3 cm³/mol. The Kier molecular flexibility index (Phi) is 4.07. The Morgan fingerprint density at radius 1 is 1.57 bits per heavy atom. The van der Waals surface area contributed by atoms with Crippen LogP contribution in [0.5, 0.6) is 0 Å². The zero-order valence-corrected chi connectivity index (χ0v) is 11.6. The first-order valence-electron chi connectivity index (χ1n) is 6.38. The average Bonchev–Trinajstić information content (AvgIpc) is 2.88. The molecule has 1 aromatic heterocycles. The van der Waals surface area contributed by atoms with Crippen molar-refractivity contribution in [3.63, 3.8) is 0 Å². The van der Waals surface area contributed by atoms with Gasteiger partial charge in [-0.3, -0.25) is 0 Å². The van der Waals surface area contributed by atoms with E-state index in [2.05, 4.69) is 21.9 Å². The smallest absolute Gasteiger partial charge is 0.405 e. The van der Waals surface area contributed by atoms with Gasteiger partial charge in [0.2, 0.25) is 0 Å². The SMILES string of the molecule is C=CCC(C)(NC(=O)O)c1ncc(-c2ccccc2F)[nH]1. The van der Waals surface area contributed by atoms with Crippen LogP contribution in [0.15, 0.2) is 43.1 Å². The highest BCUT2D eigenvalue weighted by Crippen LogP contribution is 2.26. The molecule has 0 saturated heterocycles. The zero-order valence-electron chi connectivity index (χ0n) is 11.6. The molecule has 3 N–H and O–H groups in total. The van der Waals surface area contributed by atoms with Crippen molar-refractivity contribution < 1.29 is 14.3 Å². The highest BCUT2D eigenvalue weighted by molar-refractivity contribution is 5.66. The Morgan fingerprint density at radius 2 is 2.29 bits per heavy atom. The lowest BCUT2D eigenvalue weighted by Gasteiger charge is -2.25. The van der Waals surface area contributed by atoms with Crippen molar-refractivity contribution in [1.29, 1.82) is 0 Å². The molecule has 1 heterocycles. The zero-order chi connectivity index (χ0) is 15.5. The van der Waals surface area contributed by atoms with E-state index in [0.29, 0.717) is 23.5 Å². The summed E-state index contributed by atoms with van der Waals surface area (Å²) in [7, 11) is 0. The predicted octanol–water partition coefficient (Wildman–Crippen LogP) is 3.27. The first-order chi connectivity index (χ1) is 9.96. The number of imidazole rings is 1. The molecule has 0 aliphatic heterocycles. The van der Waals surface area contributed by atoms with E-state index in [9.17, 15) is 9.18 Å². The van der Waals surface area contributed by atoms with Gasteiger partial charge < -0.3 is 15.4 Å². The summed E-state index contributed by atoms with van der Waals surface area (Å²) < 4.78 is 13.8. The maximum Gasteiger partial charge on any atom is 0.405 e. The molecule has 0 fully saturated rings. The van der Waals surface area contributed by atoms with Gasteiger partial charge in [-0.05, 0) is 25.5 Å². The van der Waals surface area contributed by atoms with Crippen molar-refractivity contribution in [3.8, 4) is 11.3 Å². The molecule has 5 nitrogen and oxygen atoms in total. The van der Waals surface area contributed by atoms with Gasteiger partial charge >= 0.3 is 6.09 Å². The molecule has 0 saturated carbocycles. The number of hydrogen-bond donors (Lipinski definition) is 3. The summed E-state index contributed by atoms with van der Waals surface area (Å²) in [5, 5.41) is 11.4. The maximum atomic E-state index is 13.8. The van der Waals surface area contributed by atoms with Crippen LogP contribution in [0, 0.1) is 5.82 Å². The lowest BCUT2D eigenvalue weighted by molar-refractivity contribution is 0.178. The lowest BCUT2D eigenvalue weighted by atomic mass is 9.97. The molecule has 1 aromatic carbocycles. The minimum Gasteiger partial charge on any atom is -0.465 e. The van der Waals surface area contributed by atoms with Crippen molar-refractivity contribution in [2.75, 3.05) is 0 Å². The van der Waals surface area contributed by atoms with Crippen LogP contribution in [0.25, 0.3) is 11.3 Å². The van der Waals surface area contributed by atoms with Crippen molar-refractivity contribution >= 4 is 6.09 Å². The summed E-state index contributed by atoms with van der Waals surface area (Å²) in [5.41, 5.74) is -0.0741. The maximum absolute atomic E-state index is 13.8. The molecule has 6 heteroatoms. The molecule has 0 aliphatic rings. The molecule has 0 radical (unpaired) electrons. The van der Waals surface area contributed by atoms with Crippen LogP contribution in [0.1, 0.15) is 19.2 Å². The van der Waals surface area contributed by atoms with Crippen LogP contribution < -0.4 is 5.32 Å². The third kappa shape index (κ3) is 3.10. The van der Waals surface area contributed by atoms with Gasteiger partial charge in [-0.1, -0.05) is 18.2 Å². The minimum absolute atomic E-state index is 0.351. The largest absolute Gasteiger partial charge is 0.465 e. The Hall–Kier alpha value is -2.63. The van der Waals surface area contributed by atoms with Crippen molar-refractivity contribution in [3.05, 3.63) is 54.8 Å². The summed E-state index contributed by atoms with van der Waals surface area (Å²) in [4.78, 5) is 18.1. The Labute approximate surface area is 121 Å². The number of H-pyrrole nitrogens is 1. The highest BCUT2D eigenvalue weighted by Gasteiger charge is 2.30. The monoisotopic (exact) mass is 289 g/mol. The summed E-state index contributed by atoms with van der Waals surface area (Å²) in [6.45, 7) is 5.31. The number of nitrogens with one attached hydrogen (secondary N) is 2. The van der Waals surface area contributed by atoms with Gasteiger partial charge in [-0.25, -0.2) is 14.2 Å². The number of aromatic amines is 1. The van der Waals surface area contributed by atoms with Crippen LogP contribution in [0.4, 0.5) is 9.18 Å². The van der Waals surface area contributed by atoms with Crippen molar-refractivity contribution in [2.45, 2.75) is 18.9 Å². The fourth-order valence-electron chi connectivity index (χ4n) is 2.15. The quantitative estimate of drug-likeness (QED) is 0.739. The molecular formula is C15H16FN3O2. The first-order valence-corrected chi connectivity index (χ1v) is 6.38. The fourth-order valence-corrected chi connectivity index (χ4v) is 2.15. The Morgan fingerprint density at radius 3 is 2.90 bits per heavy atom. The second-order valence-corrected chi connectivity index (χ2v) is 4.88. The van der Waals surface area contributed by atoms with Crippen LogP contribution in [0.3, 0.4) is 0 Å². The average molecular weight is 289 g/mol. The Balaban J connectivity index is 2.39. The van der Waals surface area contributed by atoms with Gasteiger partial charge in [-0.2, -0.15) is 0 Å². The number of carboxylic acid groups (broad SMARTS) is 1. The van der Waals surface area contributed by atoms with E-state index in [4.69, 9.17) is 5.11 Å². The normalized spacial score (nSPS) is 13.4.